The van der Waals surface area contributed by atoms with E-state index in [0.717, 1.165) is 18.5 Å². The average molecular weight is 205 g/mol. The van der Waals surface area contributed by atoms with Gasteiger partial charge < -0.3 is 5.73 Å². The molecule has 0 heterocycles. The van der Waals surface area contributed by atoms with E-state index < -0.39 is 0 Å². The fourth-order valence-electron chi connectivity index (χ4n) is 1.28. The van der Waals surface area contributed by atoms with Crippen molar-refractivity contribution < 1.29 is 17.1 Å². The van der Waals surface area contributed by atoms with Crippen LogP contribution in [0.1, 0.15) is 25.0 Å². The second kappa shape index (κ2) is 5.23. The molecule has 0 amide bonds. The van der Waals surface area contributed by atoms with Gasteiger partial charge in [0.15, 0.2) is 0 Å². The third-order valence-corrected chi connectivity index (χ3v) is 2.05. The van der Waals surface area contributed by atoms with Crippen molar-refractivity contribution in [3.63, 3.8) is 0 Å². The summed E-state index contributed by atoms with van der Waals surface area (Å²) in [5.41, 5.74) is 9.42. The topological polar surface area (TPSA) is 26.0 Å². The number of hydrogen-bond acceptors (Lipinski definition) is 1. The fourth-order valence-corrected chi connectivity index (χ4v) is 1.28. The molecule has 12 heavy (non-hydrogen) atoms. The molecular formula is C10H15FeN. The van der Waals surface area contributed by atoms with Gasteiger partial charge >= 0.3 is 0 Å². The van der Waals surface area contributed by atoms with Gasteiger partial charge in [0.05, 0.1) is 0 Å². The first-order chi connectivity index (χ1) is 5.29. The number of benzene rings is 1. The average Bonchev–Trinajstić information content (AvgIpc) is 2.05. The summed E-state index contributed by atoms with van der Waals surface area (Å²) < 4.78 is 0. The zero-order valence-electron chi connectivity index (χ0n) is 7.58. The van der Waals surface area contributed by atoms with Crippen LogP contribution < -0.4 is 5.73 Å². The summed E-state index contributed by atoms with van der Waals surface area (Å²) in [4.78, 5) is 0. The van der Waals surface area contributed by atoms with Crippen LogP contribution in [-0.4, -0.2) is 0 Å². The van der Waals surface area contributed by atoms with Gasteiger partial charge in [-0.2, -0.15) is 0 Å². The standard InChI is InChI=1S/C10H15N.Fe/c1-3-8-6-5-7-9(4-2)10(8)11;/h5-7H,3-4,11H2,1-2H3;. The Balaban J connectivity index is 0.00000121. The zero-order chi connectivity index (χ0) is 8.27. The Morgan fingerprint density at radius 2 is 1.50 bits per heavy atom. The van der Waals surface area contributed by atoms with Crippen molar-refractivity contribution in [2.45, 2.75) is 26.7 Å². The molecule has 1 aromatic rings. The van der Waals surface area contributed by atoms with Crippen LogP contribution in [0, 0.1) is 0 Å². The number of hydrogen-bond donors (Lipinski definition) is 1. The minimum atomic E-state index is 0. The van der Waals surface area contributed by atoms with Crippen LogP contribution in [0.2, 0.25) is 0 Å². The molecule has 2 heteroatoms. The third-order valence-electron chi connectivity index (χ3n) is 2.05. The SMILES string of the molecule is CCc1cccc(CC)c1N.[Fe]. The van der Waals surface area contributed by atoms with Gasteiger partial charge in [0, 0.05) is 22.8 Å². The van der Waals surface area contributed by atoms with E-state index in [9.17, 15) is 0 Å². The van der Waals surface area contributed by atoms with Gasteiger partial charge in [-0.25, -0.2) is 0 Å². The molecule has 0 radical (unpaired) electrons. The Labute approximate surface area is 84.8 Å². The quantitative estimate of drug-likeness (QED) is 0.582. The predicted molar refractivity (Wildman–Crippen MR) is 49.6 cm³/mol. The number of nitrogen functional groups attached to an aromatic ring is 1. The molecule has 0 saturated carbocycles. The first kappa shape index (κ1) is 11.5. The molecule has 0 saturated heterocycles. The van der Waals surface area contributed by atoms with Gasteiger partial charge in [0.25, 0.3) is 0 Å². The second-order valence-electron chi connectivity index (χ2n) is 2.70. The molecule has 68 valence electrons. The zero-order valence-corrected chi connectivity index (χ0v) is 8.68. The molecule has 0 aromatic heterocycles. The second-order valence-corrected chi connectivity index (χ2v) is 2.70. The van der Waals surface area contributed by atoms with Gasteiger partial charge in [-0.3, -0.25) is 0 Å². The summed E-state index contributed by atoms with van der Waals surface area (Å²) in [6.45, 7) is 4.26. The van der Waals surface area contributed by atoms with E-state index in [0.29, 0.717) is 0 Å². The first-order valence-electron chi connectivity index (χ1n) is 4.15. The van der Waals surface area contributed by atoms with Gasteiger partial charge in [-0.15, -0.1) is 0 Å². The van der Waals surface area contributed by atoms with Gasteiger partial charge in [-0.05, 0) is 24.0 Å². The fraction of sp³-hybridized carbons (Fsp3) is 0.400. The molecule has 0 aliphatic rings. The Kier molecular flexibility index (Phi) is 5.03. The smallest absolute Gasteiger partial charge is 0.0378 e. The largest absolute Gasteiger partial charge is 0.398 e. The summed E-state index contributed by atoms with van der Waals surface area (Å²) in [6, 6.07) is 6.26. The maximum atomic E-state index is 5.90. The maximum Gasteiger partial charge on any atom is 0.0378 e. The van der Waals surface area contributed by atoms with E-state index in [1.807, 2.05) is 0 Å². The van der Waals surface area contributed by atoms with E-state index in [-0.39, 0.29) is 17.1 Å². The molecule has 2 N–H and O–H groups in total. The number of anilines is 1. The minimum absolute atomic E-state index is 0. The Morgan fingerprint density at radius 3 is 1.83 bits per heavy atom. The van der Waals surface area contributed by atoms with Crippen molar-refractivity contribution in [2.75, 3.05) is 5.73 Å². The van der Waals surface area contributed by atoms with Crippen LogP contribution in [0.3, 0.4) is 0 Å². The van der Waals surface area contributed by atoms with Gasteiger partial charge in [0.2, 0.25) is 0 Å². The number of rotatable bonds is 2. The van der Waals surface area contributed by atoms with Crippen LogP contribution in [0.4, 0.5) is 5.69 Å². The summed E-state index contributed by atoms with van der Waals surface area (Å²) in [6.07, 6.45) is 2.05. The molecule has 0 spiro atoms. The Bertz CT molecular complexity index is 223. The predicted octanol–water partition coefficient (Wildman–Crippen LogP) is 2.39. The third kappa shape index (κ3) is 2.26. The van der Waals surface area contributed by atoms with E-state index >= 15 is 0 Å². The normalized spacial score (nSPS) is 9.17. The molecule has 0 atom stereocenters. The van der Waals surface area contributed by atoms with Crippen molar-refractivity contribution in [1.29, 1.82) is 0 Å². The summed E-state index contributed by atoms with van der Waals surface area (Å²) in [7, 11) is 0. The number of nitrogens with two attached hydrogens (primary N) is 1. The Hall–Kier alpha value is -0.461. The molecule has 1 rings (SSSR count). The molecule has 1 nitrogen and oxygen atoms in total. The van der Waals surface area contributed by atoms with Crippen molar-refractivity contribution >= 4 is 5.69 Å². The van der Waals surface area contributed by atoms with Crippen LogP contribution in [-0.2, 0) is 29.9 Å². The van der Waals surface area contributed by atoms with E-state index in [1.165, 1.54) is 11.1 Å². The molecule has 0 aliphatic heterocycles. The monoisotopic (exact) mass is 205 g/mol. The number of aryl methyl sites for hydroxylation is 2. The van der Waals surface area contributed by atoms with Gasteiger partial charge in [0.1, 0.15) is 0 Å². The van der Waals surface area contributed by atoms with E-state index in [4.69, 9.17) is 5.73 Å². The molecule has 0 fully saturated rings. The van der Waals surface area contributed by atoms with Crippen LogP contribution in [0.5, 0.6) is 0 Å². The molecule has 0 unspecified atom stereocenters. The van der Waals surface area contributed by atoms with Crippen LogP contribution in [0.15, 0.2) is 18.2 Å². The maximum absolute atomic E-state index is 5.90. The van der Waals surface area contributed by atoms with E-state index in [2.05, 4.69) is 32.0 Å². The summed E-state index contributed by atoms with van der Waals surface area (Å²) in [5, 5.41) is 0. The van der Waals surface area contributed by atoms with Crippen molar-refractivity contribution in [1.82, 2.24) is 0 Å². The van der Waals surface area contributed by atoms with Gasteiger partial charge in [-0.1, -0.05) is 32.0 Å². The number of para-hydroxylation sites is 1. The molecular weight excluding hydrogens is 190 g/mol. The molecule has 1 aromatic carbocycles. The molecule has 0 bridgehead atoms. The van der Waals surface area contributed by atoms with Crippen molar-refractivity contribution in [3.8, 4) is 0 Å². The van der Waals surface area contributed by atoms with Crippen LogP contribution >= 0.6 is 0 Å². The first-order valence-corrected chi connectivity index (χ1v) is 4.15. The summed E-state index contributed by atoms with van der Waals surface area (Å²) >= 11 is 0. The Morgan fingerprint density at radius 1 is 1.08 bits per heavy atom. The van der Waals surface area contributed by atoms with Crippen LogP contribution in [0.25, 0.3) is 0 Å². The van der Waals surface area contributed by atoms with Crippen molar-refractivity contribution in [2.24, 2.45) is 0 Å². The summed E-state index contributed by atoms with van der Waals surface area (Å²) in [5.74, 6) is 0. The minimum Gasteiger partial charge on any atom is -0.398 e. The van der Waals surface area contributed by atoms with Crippen molar-refractivity contribution in [3.05, 3.63) is 29.3 Å². The van der Waals surface area contributed by atoms with E-state index in [1.54, 1.807) is 0 Å². The molecule has 0 aliphatic carbocycles.